The van der Waals surface area contributed by atoms with Crippen LogP contribution in [0.4, 0.5) is 0 Å². The van der Waals surface area contributed by atoms with Crippen molar-refractivity contribution in [2.45, 2.75) is 25.8 Å². The van der Waals surface area contributed by atoms with Gasteiger partial charge in [0.05, 0.1) is 12.6 Å². The van der Waals surface area contributed by atoms with Crippen molar-refractivity contribution in [3.05, 3.63) is 0 Å². The average Bonchev–Trinajstić information content (AvgIpc) is 2.64. The van der Waals surface area contributed by atoms with Crippen LogP contribution < -0.4 is 16.4 Å². The number of guanidine groups is 1. The molecule has 5 heteroatoms. The van der Waals surface area contributed by atoms with E-state index in [1.54, 1.807) is 0 Å². The maximum Gasteiger partial charge on any atom is 0.191 e. The van der Waals surface area contributed by atoms with Gasteiger partial charge in [-0.1, -0.05) is 0 Å². The minimum absolute atomic E-state index is 0.0568. The molecule has 0 aromatic rings. The van der Waals surface area contributed by atoms with Crippen molar-refractivity contribution >= 4 is 11.7 Å². The number of nitrogens with one attached hydrogen (secondary N) is 2. The molecule has 0 aromatic carbocycles. The lowest BCUT2D eigenvalue weighted by molar-refractivity contribution is -0.118. The molecule has 5 nitrogen and oxygen atoms in total. The van der Waals surface area contributed by atoms with Gasteiger partial charge in [0.1, 0.15) is 5.78 Å². The van der Waals surface area contributed by atoms with Crippen LogP contribution in [0.25, 0.3) is 0 Å². The molecule has 1 rings (SSSR count). The minimum atomic E-state index is -0.310. The van der Waals surface area contributed by atoms with E-state index < -0.39 is 0 Å². The Morgan fingerprint density at radius 1 is 1.79 bits per heavy atom. The zero-order chi connectivity index (χ0) is 10.4. The molecule has 0 unspecified atom stereocenters. The number of nitrogens with zero attached hydrogens (tertiary/aromatic N) is 1. The van der Waals surface area contributed by atoms with Crippen LogP contribution in [0.1, 0.15) is 19.8 Å². The van der Waals surface area contributed by atoms with Gasteiger partial charge in [-0.3, -0.25) is 9.79 Å². The average molecular weight is 198 g/mol. The van der Waals surface area contributed by atoms with Gasteiger partial charge in [0.15, 0.2) is 5.96 Å². The van der Waals surface area contributed by atoms with Gasteiger partial charge in [-0.2, -0.15) is 0 Å². The molecule has 0 saturated heterocycles. The smallest absolute Gasteiger partial charge is 0.191 e. The molecule has 1 atom stereocenters. The van der Waals surface area contributed by atoms with E-state index in [1.165, 1.54) is 6.92 Å². The zero-order valence-electron chi connectivity index (χ0n) is 8.55. The highest BCUT2D eigenvalue weighted by Crippen LogP contribution is 1.94. The summed E-state index contributed by atoms with van der Waals surface area (Å²) in [7, 11) is 0. The highest BCUT2D eigenvalue weighted by atomic mass is 16.1. The van der Waals surface area contributed by atoms with Crippen LogP contribution in [-0.4, -0.2) is 37.4 Å². The normalized spacial score (nSPS) is 17.1. The fourth-order valence-corrected chi connectivity index (χ4v) is 1.25. The van der Waals surface area contributed by atoms with E-state index in [9.17, 15) is 4.79 Å². The molecule has 0 radical (unpaired) electrons. The van der Waals surface area contributed by atoms with Crippen LogP contribution in [-0.2, 0) is 4.79 Å². The minimum Gasteiger partial charge on any atom is -0.356 e. The Morgan fingerprint density at radius 2 is 2.57 bits per heavy atom. The number of aliphatic imine (C=N–C) groups is 1. The summed E-state index contributed by atoms with van der Waals surface area (Å²) in [4.78, 5) is 15.0. The first-order valence-electron chi connectivity index (χ1n) is 4.98. The van der Waals surface area contributed by atoms with Crippen molar-refractivity contribution in [2.75, 3.05) is 19.6 Å². The first-order valence-corrected chi connectivity index (χ1v) is 4.98. The van der Waals surface area contributed by atoms with Crippen molar-refractivity contribution in [2.24, 2.45) is 10.7 Å². The van der Waals surface area contributed by atoms with Crippen LogP contribution in [0.15, 0.2) is 4.99 Å². The van der Waals surface area contributed by atoms with E-state index in [1.807, 2.05) is 0 Å². The summed E-state index contributed by atoms with van der Waals surface area (Å²) >= 11 is 0. The van der Waals surface area contributed by atoms with Crippen LogP contribution >= 0.6 is 0 Å². The van der Waals surface area contributed by atoms with Crippen molar-refractivity contribution < 1.29 is 4.79 Å². The Kier molecular flexibility index (Phi) is 4.39. The number of hydrogen-bond donors (Lipinski definition) is 3. The number of hydrogen-bond acceptors (Lipinski definition) is 5. The maximum absolute atomic E-state index is 10.8. The molecule has 0 amide bonds. The van der Waals surface area contributed by atoms with Gasteiger partial charge in [0.2, 0.25) is 0 Å². The highest BCUT2D eigenvalue weighted by Gasteiger charge is 2.07. The number of rotatable bonds is 5. The summed E-state index contributed by atoms with van der Waals surface area (Å²) in [5.74, 6) is 0.919. The SMILES string of the molecule is CC(=O)[C@H](N)CCCNC1=NCCN1. The summed E-state index contributed by atoms with van der Waals surface area (Å²) in [5.41, 5.74) is 5.59. The van der Waals surface area contributed by atoms with Gasteiger partial charge >= 0.3 is 0 Å². The van der Waals surface area contributed by atoms with Crippen LogP contribution in [0.3, 0.4) is 0 Å². The molecule has 4 N–H and O–H groups in total. The molecule has 1 aliphatic heterocycles. The van der Waals surface area contributed by atoms with E-state index in [0.717, 1.165) is 38.4 Å². The van der Waals surface area contributed by atoms with Crippen LogP contribution in [0.2, 0.25) is 0 Å². The lowest BCUT2D eigenvalue weighted by Gasteiger charge is -2.09. The van der Waals surface area contributed by atoms with Crippen molar-refractivity contribution in [1.82, 2.24) is 10.6 Å². The van der Waals surface area contributed by atoms with E-state index in [0.29, 0.717) is 0 Å². The van der Waals surface area contributed by atoms with Gasteiger partial charge < -0.3 is 16.4 Å². The molecule has 0 bridgehead atoms. The van der Waals surface area contributed by atoms with Gasteiger partial charge in [-0.15, -0.1) is 0 Å². The topological polar surface area (TPSA) is 79.5 Å². The van der Waals surface area contributed by atoms with Crippen molar-refractivity contribution in [1.29, 1.82) is 0 Å². The maximum atomic E-state index is 10.8. The Morgan fingerprint density at radius 3 is 3.14 bits per heavy atom. The number of ketones is 1. The third-order valence-corrected chi connectivity index (χ3v) is 2.18. The van der Waals surface area contributed by atoms with E-state index in [-0.39, 0.29) is 11.8 Å². The number of nitrogens with two attached hydrogens (primary N) is 1. The number of carbonyl (C=O) groups is 1. The molecular weight excluding hydrogens is 180 g/mol. The third kappa shape index (κ3) is 3.74. The summed E-state index contributed by atoms with van der Waals surface area (Å²) in [6.07, 6.45) is 1.62. The molecule has 1 heterocycles. The summed E-state index contributed by atoms with van der Waals surface area (Å²) in [6, 6.07) is -0.310. The molecule has 0 saturated carbocycles. The summed E-state index contributed by atoms with van der Waals surface area (Å²) < 4.78 is 0. The molecule has 0 aromatic heterocycles. The van der Waals surface area contributed by atoms with E-state index in [4.69, 9.17) is 5.73 Å². The molecule has 0 spiro atoms. The van der Waals surface area contributed by atoms with E-state index in [2.05, 4.69) is 15.6 Å². The van der Waals surface area contributed by atoms with Gasteiger partial charge in [0.25, 0.3) is 0 Å². The molecule has 80 valence electrons. The molecule has 14 heavy (non-hydrogen) atoms. The molecule has 0 aliphatic carbocycles. The second kappa shape index (κ2) is 5.59. The van der Waals surface area contributed by atoms with Crippen LogP contribution in [0.5, 0.6) is 0 Å². The third-order valence-electron chi connectivity index (χ3n) is 2.18. The molecular formula is C9H18N4O. The molecule has 0 fully saturated rings. The van der Waals surface area contributed by atoms with Gasteiger partial charge in [0, 0.05) is 13.1 Å². The number of Topliss-reactive ketones (excluding diaryl/α,β-unsaturated/α-hetero) is 1. The number of carbonyl (C=O) groups excluding carboxylic acids is 1. The lowest BCUT2D eigenvalue weighted by atomic mass is 10.1. The predicted octanol–water partition coefficient (Wildman–Crippen LogP) is -0.768. The largest absolute Gasteiger partial charge is 0.356 e. The second-order valence-corrected chi connectivity index (χ2v) is 3.44. The predicted molar refractivity (Wildman–Crippen MR) is 56.2 cm³/mol. The summed E-state index contributed by atoms with van der Waals surface area (Å²) in [5, 5.41) is 6.26. The Labute approximate surface area is 84.1 Å². The lowest BCUT2D eigenvalue weighted by Crippen LogP contribution is -2.35. The monoisotopic (exact) mass is 198 g/mol. The molecule has 1 aliphatic rings. The van der Waals surface area contributed by atoms with Crippen molar-refractivity contribution in [3.63, 3.8) is 0 Å². The second-order valence-electron chi connectivity index (χ2n) is 3.44. The summed E-state index contributed by atoms with van der Waals surface area (Å²) in [6.45, 7) is 4.10. The Hall–Kier alpha value is -1.10. The fraction of sp³-hybridized carbons (Fsp3) is 0.778. The standard InChI is InChI=1S/C9H18N4O/c1-7(14)8(10)3-2-4-11-9-12-5-6-13-9/h8H,2-6,10H2,1H3,(H2,11,12,13)/t8-/m1/s1. The van der Waals surface area contributed by atoms with Gasteiger partial charge in [-0.25, -0.2) is 0 Å². The van der Waals surface area contributed by atoms with E-state index >= 15 is 0 Å². The Balaban J connectivity index is 2.01. The highest BCUT2D eigenvalue weighted by molar-refractivity contribution is 5.81. The first kappa shape index (κ1) is 11.0. The quantitative estimate of drug-likeness (QED) is 0.507. The zero-order valence-corrected chi connectivity index (χ0v) is 8.55. The van der Waals surface area contributed by atoms with Crippen LogP contribution in [0, 0.1) is 0 Å². The van der Waals surface area contributed by atoms with Crippen molar-refractivity contribution in [3.8, 4) is 0 Å². The Bertz CT molecular complexity index is 227. The first-order chi connectivity index (χ1) is 6.70. The van der Waals surface area contributed by atoms with Gasteiger partial charge in [-0.05, 0) is 19.8 Å². The fourth-order valence-electron chi connectivity index (χ4n) is 1.25.